The summed E-state index contributed by atoms with van der Waals surface area (Å²) in [5, 5.41) is 1.48. The van der Waals surface area contributed by atoms with Gasteiger partial charge in [-0.15, -0.1) is 0 Å². The summed E-state index contributed by atoms with van der Waals surface area (Å²) < 4.78 is 0.716. The first kappa shape index (κ1) is 16.8. The summed E-state index contributed by atoms with van der Waals surface area (Å²) in [5.41, 5.74) is 5.42. The van der Waals surface area contributed by atoms with E-state index in [2.05, 4.69) is 74.5 Å². The molecule has 2 aliphatic rings. The molecule has 0 nitrogen and oxygen atoms in total. The molecular weight excluding hydrogens is 394 g/mol. The second-order valence-electron chi connectivity index (χ2n) is 6.91. The van der Waals surface area contributed by atoms with Crippen molar-refractivity contribution in [1.29, 1.82) is 0 Å². The normalized spacial score (nSPS) is 31.7. The molecule has 0 radical (unpaired) electrons. The molecule has 2 aromatic rings. The maximum atomic E-state index is 6.49. The van der Waals surface area contributed by atoms with Gasteiger partial charge in [0.25, 0.3) is 0 Å². The SMILES string of the molecule is CC1=C(C)[C@@H]2C(CCc3ccccc3)[Se][C@H]1P2(=S)c1ccccc1. The van der Waals surface area contributed by atoms with Crippen LogP contribution in [0.2, 0.25) is 4.82 Å². The van der Waals surface area contributed by atoms with E-state index in [0.29, 0.717) is 25.2 Å². The zero-order chi connectivity index (χ0) is 16.7. The number of rotatable bonds is 4. The van der Waals surface area contributed by atoms with Gasteiger partial charge in [0.2, 0.25) is 0 Å². The van der Waals surface area contributed by atoms with Crippen LogP contribution < -0.4 is 5.30 Å². The van der Waals surface area contributed by atoms with Crippen molar-refractivity contribution in [2.45, 2.75) is 41.7 Å². The molecule has 4 rings (SSSR count). The van der Waals surface area contributed by atoms with E-state index < -0.39 is 6.04 Å². The molecule has 2 unspecified atom stereocenters. The van der Waals surface area contributed by atoms with Crippen LogP contribution in [0.5, 0.6) is 0 Å². The van der Waals surface area contributed by atoms with E-state index in [-0.39, 0.29) is 0 Å². The number of hydrogen-bond acceptors (Lipinski definition) is 1. The average Bonchev–Trinajstić information content (AvgIpc) is 3.02. The first-order chi connectivity index (χ1) is 11.6. The van der Waals surface area contributed by atoms with Gasteiger partial charge in [-0.05, 0) is 0 Å². The third-order valence-electron chi connectivity index (χ3n) is 5.57. The molecule has 0 amide bonds. The zero-order valence-corrected chi connectivity index (χ0v) is 17.6. The second kappa shape index (κ2) is 6.58. The Balaban J connectivity index is 1.63. The van der Waals surface area contributed by atoms with E-state index in [9.17, 15) is 0 Å². The van der Waals surface area contributed by atoms with Gasteiger partial charge < -0.3 is 0 Å². The molecule has 0 aliphatic carbocycles. The van der Waals surface area contributed by atoms with Crippen molar-refractivity contribution in [2.24, 2.45) is 0 Å². The molecule has 124 valence electrons. The van der Waals surface area contributed by atoms with Crippen LogP contribution in [-0.2, 0) is 18.2 Å². The number of hydrogen-bond donors (Lipinski definition) is 0. The fourth-order valence-corrected chi connectivity index (χ4v) is 19.1. The van der Waals surface area contributed by atoms with Crippen LogP contribution in [0.25, 0.3) is 0 Å². The Kier molecular flexibility index (Phi) is 4.60. The van der Waals surface area contributed by atoms with Gasteiger partial charge in [0, 0.05) is 0 Å². The average molecular weight is 417 g/mol. The van der Waals surface area contributed by atoms with Crippen LogP contribution in [0.15, 0.2) is 71.8 Å². The van der Waals surface area contributed by atoms with E-state index in [0.717, 1.165) is 4.82 Å². The molecule has 3 heteroatoms. The third-order valence-corrected chi connectivity index (χ3v) is 18.4. The summed E-state index contributed by atoms with van der Waals surface area (Å²) in [5.74, 6) is 0. The van der Waals surface area contributed by atoms with Gasteiger partial charge in [-0.25, -0.2) is 0 Å². The summed E-state index contributed by atoms with van der Waals surface area (Å²) >= 11 is 7.15. The van der Waals surface area contributed by atoms with Crippen molar-refractivity contribution in [3.05, 3.63) is 77.4 Å². The first-order valence-electron chi connectivity index (χ1n) is 8.64. The Bertz CT molecular complexity index is 812. The topological polar surface area (TPSA) is 0 Å². The fraction of sp³-hybridized carbons (Fsp3) is 0.333. The fourth-order valence-electron chi connectivity index (χ4n) is 4.24. The van der Waals surface area contributed by atoms with Crippen molar-refractivity contribution in [2.75, 3.05) is 0 Å². The molecule has 0 aromatic heterocycles. The maximum absolute atomic E-state index is 6.49. The van der Waals surface area contributed by atoms with Crippen LogP contribution in [0.3, 0.4) is 0 Å². The van der Waals surface area contributed by atoms with Gasteiger partial charge in [0.05, 0.1) is 0 Å². The molecule has 0 spiro atoms. The monoisotopic (exact) mass is 418 g/mol. The number of benzene rings is 2. The van der Waals surface area contributed by atoms with E-state index in [1.165, 1.54) is 23.7 Å². The Morgan fingerprint density at radius 2 is 1.54 bits per heavy atom. The predicted octanol–water partition coefficient (Wildman–Crippen LogP) is 4.98. The van der Waals surface area contributed by atoms with Gasteiger partial charge in [-0.2, -0.15) is 0 Å². The van der Waals surface area contributed by atoms with Crippen molar-refractivity contribution in [3.63, 3.8) is 0 Å². The van der Waals surface area contributed by atoms with Gasteiger partial charge >= 0.3 is 157 Å². The standard InChI is InChI=1S/C21H23PSSe/c1-15-16(2)21-22(23,18-11-7-4-8-12-18)20(15)19(24-21)14-13-17-9-5-3-6-10-17/h3-12,19-21H,13-14H2,1-2H3/t19?,20-,21-,22?/m1/s1. The Hall–Kier alpha value is -0.651. The summed E-state index contributed by atoms with van der Waals surface area (Å²) in [4.78, 5) is 0.831. The molecule has 0 N–H and O–H groups in total. The van der Waals surface area contributed by atoms with Gasteiger partial charge in [0.1, 0.15) is 0 Å². The van der Waals surface area contributed by atoms with Crippen molar-refractivity contribution in [1.82, 2.24) is 0 Å². The molecule has 2 aromatic carbocycles. The summed E-state index contributed by atoms with van der Waals surface area (Å²) in [6.45, 7) is 4.73. The quantitative estimate of drug-likeness (QED) is 0.384. The van der Waals surface area contributed by atoms with E-state index in [4.69, 9.17) is 11.8 Å². The van der Waals surface area contributed by atoms with Crippen LogP contribution >= 0.6 is 6.04 Å². The molecule has 0 saturated carbocycles. The molecule has 1 saturated heterocycles. The summed E-state index contributed by atoms with van der Waals surface area (Å²) in [6.07, 6.45) is 2.51. The number of aryl methyl sites for hydroxylation is 1. The summed E-state index contributed by atoms with van der Waals surface area (Å²) in [6, 6.07) is 20.5. The Morgan fingerprint density at radius 3 is 2.21 bits per heavy atom. The van der Waals surface area contributed by atoms with Gasteiger partial charge in [-0.1, -0.05) is 0 Å². The summed E-state index contributed by atoms with van der Waals surface area (Å²) in [7, 11) is 0. The zero-order valence-electron chi connectivity index (χ0n) is 14.2. The van der Waals surface area contributed by atoms with E-state index in [1.54, 1.807) is 11.1 Å². The van der Waals surface area contributed by atoms with Gasteiger partial charge in [0.15, 0.2) is 0 Å². The predicted molar refractivity (Wildman–Crippen MR) is 111 cm³/mol. The molecule has 2 aliphatic heterocycles. The number of allylic oxidation sites excluding steroid dienone is 2. The molecule has 4 atom stereocenters. The van der Waals surface area contributed by atoms with E-state index in [1.807, 2.05) is 0 Å². The molecular formula is C21H23PSSe. The number of fused-ring (bicyclic) bond motifs is 2. The van der Waals surface area contributed by atoms with Gasteiger partial charge in [-0.3, -0.25) is 0 Å². The molecule has 1 fully saturated rings. The second-order valence-corrected chi connectivity index (χ2v) is 15.3. The van der Waals surface area contributed by atoms with Crippen molar-refractivity contribution in [3.8, 4) is 0 Å². The third kappa shape index (κ3) is 2.60. The first-order valence-corrected chi connectivity index (χ1v) is 13.6. The van der Waals surface area contributed by atoms with Crippen LogP contribution in [-0.4, -0.2) is 25.2 Å². The molecule has 24 heavy (non-hydrogen) atoms. The van der Waals surface area contributed by atoms with Crippen LogP contribution in [0.4, 0.5) is 0 Å². The van der Waals surface area contributed by atoms with Crippen LogP contribution in [0.1, 0.15) is 25.8 Å². The minimum atomic E-state index is -1.50. The molecule has 2 heterocycles. The Labute approximate surface area is 156 Å². The van der Waals surface area contributed by atoms with E-state index >= 15 is 0 Å². The van der Waals surface area contributed by atoms with Crippen molar-refractivity contribution >= 4 is 38.1 Å². The Morgan fingerprint density at radius 1 is 0.917 bits per heavy atom. The van der Waals surface area contributed by atoms with Crippen molar-refractivity contribution < 1.29 is 0 Å². The minimum absolute atomic E-state index is 0.661. The van der Waals surface area contributed by atoms with Crippen LogP contribution in [0, 0.1) is 0 Å². The molecule has 2 bridgehead atoms.